The van der Waals surface area contributed by atoms with E-state index in [1.807, 2.05) is 0 Å². The molecule has 4 N–H and O–H groups in total. The first-order valence-corrected chi connectivity index (χ1v) is 5.94. The average molecular weight is 276 g/mol. The molecule has 2 heterocycles. The third kappa shape index (κ3) is 2.03. The highest BCUT2D eigenvalue weighted by atomic mass is 32.1. The van der Waals surface area contributed by atoms with E-state index in [2.05, 4.69) is 10.9 Å². The number of terminal acetylenes is 1. The molecule has 0 aliphatic heterocycles. The Hall–Kier alpha value is -2.43. The van der Waals surface area contributed by atoms with Crippen LogP contribution in [0.1, 0.15) is 16.2 Å². The Morgan fingerprint density at radius 3 is 2.79 bits per heavy atom. The second-order valence-corrected chi connectivity index (χ2v) is 4.56. The van der Waals surface area contributed by atoms with E-state index < -0.39 is 29.2 Å². The van der Waals surface area contributed by atoms with E-state index in [0.717, 1.165) is 0 Å². The molecule has 0 aromatic carbocycles. The number of carboxylic acid groups (broad SMARTS) is 1. The maximum absolute atomic E-state index is 11.8. The van der Waals surface area contributed by atoms with Crippen molar-refractivity contribution in [1.82, 2.24) is 4.98 Å². The lowest BCUT2D eigenvalue weighted by Crippen LogP contribution is -2.39. The summed E-state index contributed by atoms with van der Waals surface area (Å²) in [7, 11) is 0. The first-order valence-electron chi connectivity index (χ1n) is 5.06. The van der Waals surface area contributed by atoms with Gasteiger partial charge in [-0.15, -0.1) is 17.8 Å². The van der Waals surface area contributed by atoms with E-state index in [1.165, 1.54) is 11.3 Å². The number of pyridine rings is 1. The molecule has 6 nitrogen and oxygen atoms in total. The number of rotatable bonds is 3. The molecule has 2 rings (SSSR count). The maximum Gasteiger partial charge on any atom is 0.328 e. The minimum absolute atomic E-state index is 0.170. The van der Waals surface area contributed by atoms with Crippen LogP contribution in [0.4, 0.5) is 0 Å². The summed E-state index contributed by atoms with van der Waals surface area (Å²) in [5.41, 5.74) is 4.97. The normalized spacial score (nSPS) is 12.0. The zero-order valence-electron chi connectivity index (χ0n) is 9.45. The second-order valence-electron chi connectivity index (χ2n) is 3.65. The fourth-order valence-corrected chi connectivity index (χ4v) is 2.40. The lowest BCUT2D eigenvalue weighted by atomic mass is 10.1. The summed E-state index contributed by atoms with van der Waals surface area (Å²) in [5, 5.41) is 20.7. The Morgan fingerprint density at radius 1 is 1.53 bits per heavy atom. The van der Waals surface area contributed by atoms with Gasteiger partial charge in [-0.05, 0) is 17.4 Å². The van der Waals surface area contributed by atoms with E-state index in [-0.39, 0.29) is 5.69 Å². The van der Waals surface area contributed by atoms with Gasteiger partial charge in [-0.2, -0.15) is 0 Å². The van der Waals surface area contributed by atoms with Crippen molar-refractivity contribution in [1.29, 1.82) is 0 Å². The molecule has 0 spiro atoms. The first-order chi connectivity index (χ1) is 8.97. The van der Waals surface area contributed by atoms with Crippen LogP contribution in [0.3, 0.4) is 0 Å². The number of carbonyl (C=O) groups is 2. The molecule has 1 atom stereocenters. The Morgan fingerprint density at radius 2 is 2.21 bits per heavy atom. The lowest BCUT2D eigenvalue weighted by molar-refractivity contribution is -0.137. The van der Waals surface area contributed by atoms with Gasteiger partial charge in [-0.25, -0.2) is 4.98 Å². The molecule has 2 aromatic heterocycles. The fourth-order valence-electron chi connectivity index (χ4n) is 1.55. The number of nitrogens with two attached hydrogens (primary N) is 1. The summed E-state index contributed by atoms with van der Waals surface area (Å²) >= 11 is 1.26. The number of aromatic hydroxyl groups is 1. The number of fused-ring (bicyclic) bond motifs is 1. The first kappa shape index (κ1) is 13.0. The van der Waals surface area contributed by atoms with E-state index in [0.29, 0.717) is 10.1 Å². The highest BCUT2D eigenvalue weighted by molar-refractivity contribution is 7.17. The van der Waals surface area contributed by atoms with Crippen molar-refractivity contribution in [2.75, 3.05) is 0 Å². The molecule has 0 bridgehead atoms. The number of carbonyl (C=O) groups excluding carboxylic acids is 1. The predicted molar refractivity (Wildman–Crippen MR) is 69.2 cm³/mol. The number of carboxylic acids is 1. The van der Waals surface area contributed by atoms with Gasteiger partial charge in [-0.3, -0.25) is 9.59 Å². The molecule has 7 heteroatoms. The van der Waals surface area contributed by atoms with Gasteiger partial charge in [0.1, 0.15) is 5.69 Å². The van der Waals surface area contributed by atoms with Crippen LogP contribution >= 0.6 is 11.3 Å². The zero-order valence-corrected chi connectivity index (χ0v) is 10.3. The van der Waals surface area contributed by atoms with Crippen LogP contribution < -0.4 is 5.73 Å². The highest BCUT2D eigenvalue weighted by Gasteiger charge is 2.28. The third-order valence-corrected chi connectivity index (χ3v) is 3.42. The maximum atomic E-state index is 11.8. The molecular formula is C12H8N2O4S. The van der Waals surface area contributed by atoms with E-state index in [1.54, 1.807) is 11.4 Å². The standard InChI is InChI=1S/C12H8N2O4S/c1-2-6-11-5(3-4-19-11)9(15)8(14-6)10(16)7(13)12(17)18/h1,3-4,7,15H,13H2,(H,17,18). The minimum atomic E-state index is -1.79. The van der Waals surface area contributed by atoms with Gasteiger partial charge in [-0.1, -0.05) is 0 Å². The Bertz CT molecular complexity index is 729. The number of nitrogens with zero attached hydrogens (tertiary/aromatic N) is 1. The molecule has 0 aliphatic rings. The van der Waals surface area contributed by atoms with Gasteiger partial charge in [0.25, 0.3) is 0 Å². The molecule has 0 radical (unpaired) electrons. The van der Waals surface area contributed by atoms with Crippen LogP contribution in [0.25, 0.3) is 10.1 Å². The van der Waals surface area contributed by atoms with Gasteiger partial charge in [0.15, 0.2) is 17.5 Å². The molecule has 0 fully saturated rings. The minimum Gasteiger partial charge on any atom is -0.505 e. The van der Waals surface area contributed by atoms with Crippen LogP contribution in [0.2, 0.25) is 0 Å². The van der Waals surface area contributed by atoms with Crippen molar-refractivity contribution in [3.8, 4) is 18.1 Å². The number of ketones is 1. The van der Waals surface area contributed by atoms with Gasteiger partial charge >= 0.3 is 5.97 Å². The zero-order chi connectivity index (χ0) is 14.2. The molecule has 96 valence electrons. The van der Waals surface area contributed by atoms with Crippen molar-refractivity contribution in [3.05, 3.63) is 22.8 Å². The van der Waals surface area contributed by atoms with Gasteiger partial charge in [0.2, 0.25) is 5.78 Å². The predicted octanol–water partition coefficient (Wildman–Crippen LogP) is 0.578. The van der Waals surface area contributed by atoms with Crippen LogP contribution in [0, 0.1) is 12.3 Å². The highest BCUT2D eigenvalue weighted by Crippen LogP contribution is 2.33. The van der Waals surface area contributed by atoms with Crippen molar-refractivity contribution in [2.45, 2.75) is 6.04 Å². The summed E-state index contributed by atoms with van der Waals surface area (Å²) in [6.45, 7) is 0. The largest absolute Gasteiger partial charge is 0.505 e. The molecule has 2 aromatic rings. The van der Waals surface area contributed by atoms with E-state index in [4.69, 9.17) is 17.3 Å². The molecule has 0 amide bonds. The topological polar surface area (TPSA) is 114 Å². The Balaban J connectivity index is 2.68. The molecule has 1 unspecified atom stereocenters. The summed E-state index contributed by atoms with van der Waals surface area (Å²) < 4.78 is 0.556. The molecule has 0 saturated heterocycles. The third-order valence-electron chi connectivity index (χ3n) is 2.50. The van der Waals surface area contributed by atoms with E-state index in [9.17, 15) is 14.7 Å². The summed E-state index contributed by atoms with van der Waals surface area (Å²) in [6.07, 6.45) is 5.28. The number of Topliss-reactive ketones (excluding diaryl/α,β-unsaturated/α-hetero) is 1. The van der Waals surface area contributed by atoms with Crippen molar-refractivity contribution in [3.63, 3.8) is 0 Å². The Kier molecular flexibility index (Phi) is 3.21. The van der Waals surface area contributed by atoms with Crippen LogP contribution in [0.15, 0.2) is 11.4 Å². The number of hydrogen-bond acceptors (Lipinski definition) is 6. The van der Waals surface area contributed by atoms with Crippen LogP contribution in [0.5, 0.6) is 5.75 Å². The van der Waals surface area contributed by atoms with Crippen LogP contribution in [-0.4, -0.2) is 33.0 Å². The number of aliphatic carboxylic acids is 1. The second kappa shape index (κ2) is 4.68. The number of thiophene rings is 1. The monoisotopic (exact) mass is 276 g/mol. The molecule has 0 aliphatic carbocycles. The smallest absolute Gasteiger partial charge is 0.328 e. The SMILES string of the molecule is C#Cc1nc(C(=O)C(N)C(=O)O)c(O)c2ccsc12. The molecule has 0 saturated carbocycles. The number of aromatic nitrogens is 1. The van der Waals surface area contributed by atoms with Crippen LogP contribution in [-0.2, 0) is 4.79 Å². The summed E-state index contributed by atoms with van der Waals surface area (Å²) in [5.74, 6) is -0.603. The molecule has 19 heavy (non-hydrogen) atoms. The van der Waals surface area contributed by atoms with Crippen molar-refractivity contribution in [2.24, 2.45) is 5.73 Å². The summed E-state index contributed by atoms with van der Waals surface area (Å²) in [4.78, 5) is 26.4. The van der Waals surface area contributed by atoms with Gasteiger partial charge in [0.05, 0.1) is 4.70 Å². The average Bonchev–Trinajstić information content (AvgIpc) is 2.87. The molecular weight excluding hydrogens is 268 g/mol. The van der Waals surface area contributed by atoms with Gasteiger partial charge < -0.3 is 15.9 Å². The van der Waals surface area contributed by atoms with Gasteiger partial charge in [0, 0.05) is 5.39 Å². The lowest BCUT2D eigenvalue weighted by Gasteiger charge is -2.08. The van der Waals surface area contributed by atoms with Crippen molar-refractivity contribution < 1.29 is 19.8 Å². The quantitative estimate of drug-likeness (QED) is 0.429. The fraction of sp³-hybridized carbons (Fsp3) is 0.0833. The number of hydrogen-bond donors (Lipinski definition) is 3. The Labute approximate surface area is 111 Å². The van der Waals surface area contributed by atoms with Crippen molar-refractivity contribution >= 4 is 33.2 Å². The summed E-state index contributed by atoms with van der Waals surface area (Å²) in [6, 6.07) is -0.221. The van der Waals surface area contributed by atoms with E-state index >= 15 is 0 Å².